The van der Waals surface area contributed by atoms with Crippen molar-refractivity contribution in [2.45, 2.75) is 18.8 Å². The van der Waals surface area contributed by atoms with Crippen LogP contribution in [0.2, 0.25) is 0 Å². The zero-order valence-corrected chi connectivity index (χ0v) is 14.9. The van der Waals surface area contributed by atoms with E-state index in [1.165, 1.54) is 4.90 Å². The molecule has 0 aliphatic carbocycles. The third kappa shape index (κ3) is 3.03. The number of carboxylic acid groups (broad SMARTS) is 1. The molecule has 8 nitrogen and oxygen atoms in total. The van der Waals surface area contributed by atoms with Crippen molar-refractivity contribution < 1.29 is 14.6 Å². The van der Waals surface area contributed by atoms with Gasteiger partial charge in [0.2, 0.25) is 0 Å². The molecule has 0 saturated carbocycles. The van der Waals surface area contributed by atoms with Gasteiger partial charge in [0.1, 0.15) is 11.4 Å². The van der Waals surface area contributed by atoms with E-state index in [-0.39, 0.29) is 11.5 Å². The highest BCUT2D eigenvalue weighted by Crippen LogP contribution is 2.33. The largest absolute Gasteiger partial charge is 0.496 e. The molecule has 3 aromatic rings. The van der Waals surface area contributed by atoms with Crippen molar-refractivity contribution in [1.82, 2.24) is 19.5 Å². The van der Waals surface area contributed by atoms with E-state index in [0.29, 0.717) is 37.3 Å². The van der Waals surface area contributed by atoms with Gasteiger partial charge in [-0.25, -0.2) is 9.31 Å². The summed E-state index contributed by atoms with van der Waals surface area (Å²) < 4.78 is 7.19. The first-order valence-electron chi connectivity index (χ1n) is 8.80. The summed E-state index contributed by atoms with van der Waals surface area (Å²) in [6, 6.07) is 9.14. The van der Waals surface area contributed by atoms with Crippen LogP contribution in [0.5, 0.6) is 5.75 Å². The number of para-hydroxylation sites is 1. The van der Waals surface area contributed by atoms with Gasteiger partial charge in [-0.2, -0.15) is 5.10 Å². The van der Waals surface area contributed by atoms with Crippen LogP contribution in [0.1, 0.15) is 24.5 Å². The molecule has 1 aliphatic rings. The van der Waals surface area contributed by atoms with E-state index in [4.69, 9.17) is 9.84 Å². The molecule has 1 aliphatic heterocycles. The van der Waals surface area contributed by atoms with Crippen molar-refractivity contribution in [3.8, 4) is 16.9 Å². The number of piperidine rings is 1. The zero-order valence-electron chi connectivity index (χ0n) is 14.9. The Morgan fingerprint density at radius 3 is 2.70 bits per heavy atom. The van der Waals surface area contributed by atoms with Crippen molar-refractivity contribution in [3.05, 3.63) is 52.6 Å². The Hall–Kier alpha value is -3.29. The van der Waals surface area contributed by atoms with E-state index in [2.05, 4.69) is 10.1 Å². The second kappa shape index (κ2) is 6.79. The second-order valence-corrected chi connectivity index (χ2v) is 6.62. The molecule has 4 rings (SSSR count). The van der Waals surface area contributed by atoms with Gasteiger partial charge in [-0.3, -0.25) is 4.79 Å². The van der Waals surface area contributed by atoms with Crippen molar-refractivity contribution in [2.75, 3.05) is 20.2 Å². The van der Waals surface area contributed by atoms with Crippen LogP contribution in [-0.4, -0.2) is 50.9 Å². The molecule has 1 amide bonds. The summed E-state index contributed by atoms with van der Waals surface area (Å²) >= 11 is 0. The molecule has 0 atom stereocenters. The van der Waals surface area contributed by atoms with Gasteiger partial charge < -0.3 is 19.7 Å². The predicted molar refractivity (Wildman–Crippen MR) is 99.4 cm³/mol. The maximum Gasteiger partial charge on any atom is 0.407 e. The molecule has 140 valence electrons. The summed E-state index contributed by atoms with van der Waals surface area (Å²) in [7, 11) is 1.61. The third-order valence-corrected chi connectivity index (χ3v) is 5.12. The Morgan fingerprint density at radius 1 is 1.26 bits per heavy atom. The van der Waals surface area contributed by atoms with Crippen LogP contribution in [0.4, 0.5) is 4.79 Å². The Balaban J connectivity index is 1.78. The number of H-pyrrole nitrogens is 1. The highest BCUT2D eigenvalue weighted by molar-refractivity contribution is 5.81. The van der Waals surface area contributed by atoms with Gasteiger partial charge >= 0.3 is 6.09 Å². The van der Waals surface area contributed by atoms with E-state index in [9.17, 15) is 9.59 Å². The lowest BCUT2D eigenvalue weighted by Gasteiger charge is -2.30. The van der Waals surface area contributed by atoms with Crippen molar-refractivity contribution in [1.29, 1.82) is 0 Å². The highest BCUT2D eigenvalue weighted by atomic mass is 16.5. The Morgan fingerprint density at radius 2 is 2.00 bits per heavy atom. The van der Waals surface area contributed by atoms with Gasteiger partial charge in [-0.15, -0.1) is 0 Å². The number of fused-ring (bicyclic) bond motifs is 1. The molecular formula is C19H20N4O4. The summed E-state index contributed by atoms with van der Waals surface area (Å²) in [6.07, 6.45) is 2.14. The minimum atomic E-state index is -0.901. The van der Waals surface area contributed by atoms with Gasteiger partial charge in [0.05, 0.1) is 19.0 Å². The number of aromatic nitrogens is 3. The fourth-order valence-corrected chi connectivity index (χ4v) is 3.73. The summed E-state index contributed by atoms with van der Waals surface area (Å²) in [5.41, 5.74) is 2.86. The lowest BCUT2D eigenvalue weighted by atomic mass is 9.93. The van der Waals surface area contributed by atoms with E-state index in [1.54, 1.807) is 23.9 Å². The van der Waals surface area contributed by atoms with Gasteiger partial charge in [0.25, 0.3) is 5.56 Å². The standard InChI is InChI=1S/C19H20N4O4/c1-27-16-5-3-2-4-13(16)14-11-20-23-15(10-17(24)21-18(14)23)12-6-8-22(9-7-12)19(25)26/h2-5,10-12H,6-9H2,1H3,(H,21,24)(H,25,26). The maximum absolute atomic E-state index is 12.3. The zero-order chi connectivity index (χ0) is 19.0. The van der Waals surface area contributed by atoms with Crippen molar-refractivity contribution >= 4 is 11.7 Å². The number of hydrogen-bond donors (Lipinski definition) is 2. The number of methoxy groups -OCH3 is 1. The molecular weight excluding hydrogens is 348 g/mol. The molecule has 3 heterocycles. The van der Waals surface area contributed by atoms with Gasteiger partial charge in [-0.1, -0.05) is 18.2 Å². The van der Waals surface area contributed by atoms with E-state index in [1.807, 2.05) is 24.3 Å². The van der Waals surface area contributed by atoms with Crippen LogP contribution in [0.3, 0.4) is 0 Å². The smallest absolute Gasteiger partial charge is 0.407 e. The van der Waals surface area contributed by atoms with E-state index >= 15 is 0 Å². The van der Waals surface area contributed by atoms with Crippen LogP contribution in [0, 0.1) is 0 Å². The number of ether oxygens (including phenoxy) is 1. The molecule has 0 spiro atoms. The highest BCUT2D eigenvalue weighted by Gasteiger charge is 2.26. The van der Waals surface area contributed by atoms with Crippen LogP contribution in [0.25, 0.3) is 16.8 Å². The first-order valence-corrected chi connectivity index (χ1v) is 8.80. The SMILES string of the molecule is COc1ccccc1-c1cnn2c(C3CCN(C(=O)O)CC3)cc(=O)[nH]c12. The fraction of sp³-hybridized carbons (Fsp3) is 0.316. The topological polar surface area (TPSA) is 99.9 Å². The predicted octanol–water partition coefficient (Wildman–Crippen LogP) is 2.56. The monoisotopic (exact) mass is 368 g/mol. The summed E-state index contributed by atoms with van der Waals surface area (Å²) in [5, 5.41) is 13.6. The van der Waals surface area contributed by atoms with Crippen LogP contribution in [0.15, 0.2) is 41.3 Å². The number of nitrogens with zero attached hydrogens (tertiary/aromatic N) is 3. The minimum absolute atomic E-state index is 0.0795. The minimum Gasteiger partial charge on any atom is -0.496 e. The molecule has 0 unspecified atom stereocenters. The van der Waals surface area contributed by atoms with Gasteiger partial charge in [0, 0.05) is 36.2 Å². The first kappa shape index (κ1) is 17.1. The number of nitrogens with one attached hydrogen (secondary N) is 1. The molecule has 0 bridgehead atoms. The van der Waals surface area contributed by atoms with Crippen LogP contribution in [-0.2, 0) is 0 Å². The van der Waals surface area contributed by atoms with Crippen LogP contribution < -0.4 is 10.3 Å². The van der Waals surface area contributed by atoms with Crippen molar-refractivity contribution in [3.63, 3.8) is 0 Å². The number of aromatic amines is 1. The Kier molecular flexibility index (Phi) is 4.31. The average molecular weight is 368 g/mol. The lowest BCUT2D eigenvalue weighted by molar-refractivity contribution is 0.131. The molecule has 1 fully saturated rings. The summed E-state index contributed by atoms with van der Waals surface area (Å²) in [6.45, 7) is 0.907. The number of carbonyl (C=O) groups is 1. The lowest BCUT2D eigenvalue weighted by Crippen LogP contribution is -2.37. The number of rotatable bonds is 3. The Labute approximate surface area is 155 Å². The van der Waals surface area contributed by atoms with E-state index in [0.717, 1.165) is 16.8 Å². The molecule has 8 heteroatoms. The normalized spacial score (nSPS) is 15.2. The molecule has 1 saturated heterocycles. The average Bonchev–Trinajstić information content (AvgIpc) is 3.10. The number of amides is 1. The number of hydrogen-bond acceptors (Lipinski definition) is 4. The van der Waals surface area contributed by atoms with Gasteiger partial charge in [-0.05, 0) is 18.9 Å². The molecule has 2 N–H and O–H groups in total. The molecule has 2 aromatic heterocycles. The maximum atomic E-state index is 12.3. The third-order valence-electron chi connectivity index (χ3n) is 5.12. The quantitative estimate of drug-likeness (QED) is 0.740. The first-order chi connectivity index (χ1) is 13.1. The van der Waals surface area contributed by atoms with Crippen LogP contribution >= 0.6 is 0 Å². The summed E-state index contributed by atoms with van der Waals surface area (Å²) in [5.74, 6) is 0.782. The molecule has 27 heavy (non-hydrogen) atoms. The van der Waals surface area contributed by atoms with Crippen molar-refractivity contribution in [2.24, 2.45) is 0 Å². The van der Waals surface area contributed by atoms with E-state index < -0.39 is 6.09 Å². The number of likely N-dealkylation sites (tertiary alicyclic amines) is 1. The summed E-state index contributed by atoms with van der Waals surface area (Å²) in [4.78, 5) is 27.7. The van der Waals surface area contributed by atoms with Gasteiger partial charge in [0.15, 0.2) is 0 Å². The second-order valence-electron chi connectivity index (χ2n) is 6.62. The molecule has 0 radical (unpaired) electrons. The Bertz CT molecular complexity index is 1050. The number of benzene rings is 1. The molecule has 1 aromatic carbocycles. The fourth-order valence-electron chi connectivity index (χ4n) is 3.73.